The lowest BCUT2D eigenvalue weighted by molar-refractivity contribution is 0.0598. The highest BCUT2D eigenvalue weighted by atomic mass is 16.5. The van der Waals surface area contributed by atoms with Crippen molar-refractivity contribution >= 4 is 11.7 Å². The van der Waals surface area contributed by atoms with Crippen molar-refractivity contribution in [2.24, 2.45) is 0 Å². The van der Waals surface area contributed by atoms with Crippen LogP contribution < -0.4 is 19.9 Å². The maximum absolute atomic E-state index is 13.7. The molecular formula is C27H30N2O5. The molecule has 0 spiro atoms. The van der Waals surface area contributed by atoms with E-state index in [2.05, 4.69) is 23.1 Å². The van der Waals surface area contributed by atoms with Gasteiger partial charge in [-0.25, -0.2) is 4.79 Å². The van der Waals surface area contributed by atoms with Crippen molar-refractivity contribution in [3.63, 3.8) is 0 Å². The summed E-state index contributed by atoms with van der Waals surface area (Å²) >= 11 is 0. The van der Waals surface area contributed by atoms with E-state index in [1.807, 2.05) is 26.2 Å². The second kappa shape index (κ2) is 9.63. The SMILES string of the molecule is COC(=O)c1cc2c(n(Cc3ccc(OC)cc3OC)c1=O)-c1ccc(N(C)C)cc1CCC2. The first-order valence-corrected chi connectivity index (χ1v) is 11.2. The van der Waals surface area contributed by atoms with E-state index in [1.54, 1.807) is 30.9 Å². The van der Waals surface area contributed by atoms with Gasteiger partial charge in [-0.1, -0.05) is 6.07 Å². The van der Waals surface area contributed by atoms with E-state index < -0.39 is 5.97 Å². The average molecular weight is 463 g/mol. The van der Waals surface area contributed by atoms with Crippen molar-refractivity contribution in [1.82, 2.24) is 4.57 Å². The number of benzene rings is 2. The summed E-state index contributed by atoms with van der Waals surface area (Å²) in [4.78, 5) is 28.2. The molecule has 1 aliphatic carbocycles. The van der Waals surface area contributed by atoms with Crippen LogP contribution in [-0.2, 0) is 24.1 Å². The van der Waals surface area contributed by atoms with E-state index in [-0.39, 0.29) is 17.7 Å². The smallest absolute Gasteiger partial charge is 0.343 e. The number of carbonyl (C=O) groups excluding carboxylic acids is 1. The summed E-state index contributed by atoms with van der Waals surface area (Å²) in [7, 11) is 8.51. The first-order valence-electron chi connectivity index (χ1n) is 11.2. The van der Waals surface area contributed by atoms with Crippen LogP contribution in [0.25, 0.3) is 11.3 Å². The lowest BCUT2D eigenvalue weighted by Crippen LogP contribution is -2.30. The molecule has 1 aromatic heterocycles. The van der Waals surface area contributed by atoms with Gasteiger partial charge in [0.25, 0.3) is 5.56 Å². The maximum Gasteiger partial charge on any atom is 0.343 e. The van der Waals surface area contributed by atoms with Crippen molar-refractivity contribution in [3.8, 4) is 22.8 Å². The molecule has 0 aliphatic heterocycles. The summed E-state index contributed by atoms with van der Waals surface area (Å²) in [5, 5.41) is 0. The van der Waals surface area contributed by atoms with Gasteiger partial charge in [-0.05, 0) is 60.7 Å². The van der Waals surface area contributed by atoms with E-state index in [0.29, 0.717) is 11.5 Å². The predicted octanol–water partition coefficient (Wildman–Crippen LogP) is 3.92. The first-order chi connectivity index (χ1) is 16.4. The molecule has 0 bridgehead atoms. The van der Waals surface area contributed by atoms with E-state index in [0.717, 1.165) is 47.3 Å². The molecule has 7 heteroatoms. The summed E-state index contributed by atoms with van der Waals surface area (Å²) in [6.45, 7) is 0.244. The Morgan fingerprint density at radius 3 is 2.41 bits per heavy atom. The molecule has 0 N–H and O–H groups in total. The summed E-state index contributed by atoms with van der Waals surface area (Å²) in [6, 6.07) is 13.5. The lowest BCUT2D eigenvalue weighted by Gasteiger charge is -2.21. The Bertz CT molecular complexity index is 1290. The van der Waals surface area contributed by atoms with E-state index in [9.17, 15) is 9.59 Å². The number of rotatable bonds is 6. The molecule has 34 heavy (non-hydrogen) atoms. The van der Waals surface area contributed by atoms with Crippen molar-refractivity contribution in [2.75, 3.05) is 40.3 Å². The van der Waals surface area contributed by atoms with Crippen LogP contribution in [0.5, 0.6) is 11.5 Å². The van der Waals surface area contributed by atoms with Gasteiger partial charge in [0.15, 0.2) is 0 Å². The number of aromatic nitrogens is 1. The highest BCUT2D eigenvalue weighted by molar-refractivity contribution is 5.90. The zero-order valence-corrected chi connectivity index (χ0v) is 20.3. The van der Waals surface area contributed by atoms with Crippen molar-refractivity contribution in [2.45, 2.75) is 25.8 Å². The molecule has 1 heterocycles. The quantitative estimate of drug-likeness (QED) is 0.517. The van der Waals surface area contributed by atoms with Crippen LogP contribution >= 0.6 is 0 Å². The number of esters is 1. The van der Waals surface area contributed by atoms with E-state index >= 15 is 0 Å². The minimum Gasteiger partial charge on any atom is -0.497 e. The number of hydrogen-bond acceptors (Lipinski definition) is 6. The van der Waals surface area contributed by atoms with Gasteiger partial charge in [0.05, 0.1) is 33.6 Å². The van der Waals surface area contributed by atoms with Gasteiger partial charge in [-0.15, -0.1) is 0 Å². The Balaban J connectivity index is 1.98. The van der Waals surface area contributed by atoms with Crippen LogP contribution in [0.15, 0.2) is 47.3 Å². The Labute approximate surface area is 199 Å². The van der Waals surface area contributed by atoms with Gasteiger partial charge in [-0.3, -0.25) is 4.79 Å². The second-order valence-electron chi connectivity index (χ2n) is 8.58. The number of anilines is 1. The summed E-state index contributed by atoms with van der Waals surface area (Å²) in [5.74, 6) is 0.646. The normalized spacial score (nSPS) is 12.3. The third-order valence-electron chi connectivity index (χ3n) is 6.35. The van der Waals surface area contributed by atoms with E-state index in [1.165, 1.54) is 12.7 Å². The molecule has 0 saturated heterocycles. The molecule has 0 unspecified atom stereocenters. The standard InChI is InChI=1S/C27H30N2O5/c1-28(2)20-10-12-22-17(13-20)7-6-8-18-14-23(27(31)34-5)26(30)29(25(18)22)16-19-9-11-21(32-3)15-24(19)33-4/h9-15H,6-8,16H2,1-5H3. The highest BCUT2D eigenvalue weighted by Crippen LogP contribution is 2.35. The molecule has 2 aromatic carbocycles. The van der Waals surface area contributed by atoms with Crippen molar-refractivity contribution in [1.29, 1.82) is 0 Å². The summed E-state index contributed by atoms with van der Waals surface area (Å²) < 4.78 is 17.5. The lowest BCUT2D eigenvalue weighted by atomic mass is 9.98. The number of fused-ring (bicyclic) bond motifs is 3. The molecule has 0 amide bonds. The van der Waals surface area contributed by atoms with Gasteiger partial charge in [0.1, 0.15) is 17.1 Å². The van der Waals surface area contributed by atoms with Crippen LogP contribution in [0, 0.1) is 0 Å². The maximum atomic E-state index is 13.7. The number of carbonyl (C=O) groups is 1. The minimum atomic E-state index is -0.629. The van der Waals surface area contributed by atoms with Crippen LogP contribution in [0.1, 0.15) is 33.5 Å². The molecule has 3 aromatic rings. The number of hydrogen-bond donors (Lipinski definition) is 0. The zero-order valence-electron chi connectivity index (χ0n) is 20.3. The molecule has 7 nitrogen and oxygen atoms in total. The van der Waals surface area contributed by atoms with Crippen molar-refractivity contribution < 1.29 is 19.0 Å². The van der Waals surface area contributed by atoms with Gasteiger partial charge in [0.2, 0.25) is 0 Å². The van der Waals surface area contributed by atoms with Crippen LogP contribution in [-0.4, -0.2) is 46.0 Å². The van der Waals surface area contributed by atoms with Gasteiger partial charge >= 0.3 is 5.97 Å². The summed E-state index contributed by atoms with van der Waals surface area (Å²) in [6.07, 6.45) is 2.56. The summed E-state index contributed by atoms with van der Waals surface area (Å²) in [5.41, 5.74) is 5.58. The van der Waals surface area contributed by atoms with Gasteiger partial charge < -0.3 is 23.7 Å². The number of aryl methyl sites for hydroxylation is 2. The molecule has 0 saturated carbocycles. The Hall–Kier alpha value is -3.74. The fourth-order valence-electron chi connectivity index (χ4n) is 4.56. The predicted molar refractivity (Wildman–Crippen MR) is 132 cm³/mol. The Kier molecular flexibility index (Phi) is 6.63. The number of ether oxygens (including phenoxy) is 3. The third kappa shape index (κ3) is 4.25. The zero-order chi connectivity index (χ0) is 24.4. The molecular weight excluding hydrogens is 432 g/mol. The Morgan fingerprint density at radius 1 is 0.971 bits per heavy atom. The second-order valence-corrected chi connectivity index (χ2v) is 8.58. The number of nitrogens with zero attached hydrogens (tertiary/aromatic N) is 2. The Morgan fingerprint density at radius 2 is 1.74 bits per heavy atom. The highest BCUT2D eigenvalue weighted by Gasteiger charge is 2.25. The van der Waals surface area contributed by atoms with Crippen LogP contribution in [0.4, 0.5) is 5.69 Å². The monoisotopic (exact) mass is 462 g/mol. The van der Waals surface area contributed by atoms with Gasteiger partial charge in [0, 0.05) is 37.0 Å². The molecule has 4 rings (SSSR count). The molecule has 0 atom stereocenters. The van der Waals surface area contributed by atoms with Crippen LogP contribution in [0.3, 0.4) is 0 Å². The topological polar surface area (TPSA) is 70.0 Å². The number of pyridine rings is 1. The first kappa shape index (κ1) is 23.4. The average Bonchev–Trinajstić information content (AvgIpc) is 3.03. The molecule has 1 aliphatic rings. The minimum absolute atomic E-state index is 0.0436. The number of methoxy groups -OCH3 is 3. The largest absolute Gasteiger partial charge is 0.497 e. The third-order valence-corrected chi connectivity index (χ3v) is 6.35. The molecule has 0 fully saturated rings. The van der Waals surface area contributed by atoms with Gasteiger partial charge in [-0.2, -0.15) is 0 Å². The molecule has 178 valence electrons. The van der Waals surface area contributed by atoms with Crippen LogP contribution in [0.2, 0.25) is 0 Å². The fourth-order valence-corrected chi connectivity index (χ4v) is 4.56. The van der Waals surface area contributed by atoms with Crippen molar-refractivity contribution in [3.05, 3.63) is 75.1 Å². The molecule has 0 radical (unpaired) electrons. The van der Waals surface area contributed by atoms with E-state index in [4.69, 9.17) is 14.2 Å². The fraction of sp³-hybridized carbons (Fsp3) is 0.333.